The molecule has 0 aliphatic carbocycles. The van der Waals surface area contributed by atoms with Gasteiger partial charge in [-0.25, -0.2) is 0 Å². The van der Waals surface area contributed by atoms with Crippen LogP contribution in [-0.4, -0.2) is 28.7 Å². The molecule has 6 heterocycles. The maximum atomic E-state index is 6.43. The fourth-order valence-corrected chi connectivity index (χ4v) is 6.11. The van der Waals surface area contributed by atoms with E-state index in [1.807, 2.05) is 0 Å². The van der Waals surface area contributed by atoms with Crippen LogP contribution in [0.15, 0.2) is 35.9 Å². The lowest BCUT2D eigenvalue weighted by molar-refractivity contribution is -0.0346. The number of piperidine rings is 3. The maximum absolute atomic E-state index is 6.43. The average Bonchev–Trinajstić information content (AvgIpc) is 3.17. The van der Waals surface area contributed by atoms with Crippen LogP contribution in [0.25, 0.3) is 10.9 Å². The SMILES string of the molecule is CC=C1CN2C3CC1C1COC(c4c3n(C)c3ccccc43)C12. The van der Waals surface area contributed by atoms with Gasteiger partial charge in [0.1, 0.15) is 6.10 Å². The lowest BCUT2D eigenvalue weighted by atomic mass is 9.64. The van der Waals surface area contributed by atoms with Crippen LogP contribution in [0.1, 0.15) is 36.7 Å². The molecule has 0 N–H and O–H groups in total. The number of aryl methyl sites for hydroxylation is 1. The van der Waals surface area contributed by atoms with Crippen LogP contribution in [0.5, 0.6) is 0 Å². The van der Waals surface area contributed by atoms with E-state index in [9.17, 15) is 0 Å². The fraction of sp³-hybridized carbons (Fsp3) is 0.500. The lowest BCUT2D eigenvalue weighted by Crippen LogP contribution is -2.59. The molecule has 2 aromatic rings. The Kier molecular flexibility index (Phi) is 2.27. The van der Waals surface area contributed by atoms with Crippen molar-refractivity contribution in [3.63, 3.8) is 0 Å². The molecular weight excluding hydrogens is 284 g/mol. The highest BCUT2D eigenvalue weighted by Gasteiger charge is 2.60. The number of nitrogens with zero attached hydrogens (tertiary/aromatic N) is 2. The summed E-state index contributed by atoms with van der Waals surface area (Å²) < 4.78 is 8.87. The number of allylic oxidation sites excluding steroid dienone is 1. The third-order valence-corrected chi connectivity index (χ3v) is 7.00. The van der Waals surface area contributed by atoms with Crippen LogP contribution in [0.3, 0.4) is 0 Å². The van der Waals surface area contributed by atoms with E-state index >= 15 is 0 Å². The zero-order valence-corrected chi connectivity index (χ0v) is 13.7. The Labute approximate surface area is 136 Å². The Morgan fingerprint density at radius 3 is 3.00 bits per heavy atom. The molecule has 6 atom stereocenters. The highest BCUT2D eigenvalue weighted by Crippen LogP contribution is 2.61. The molecule has 4 bridgehead atoms. The van der Waals surface area contributed by atoms with Crippen molar-refractivity contribution in [1.29, 1.82) is 0 Å². The van der Waals surface area contributed by atoms with Crippen molar-refractivity contribution in [3.8, 4) is 0 Å². The van der Waals surface area contributed by atoms with Crippen molar-refractivity contribution in [1.82, 2.24) is 9.47 Å². The largest absolute Gasteiger partial charge is 0.371 e. The summed E-state index contributed by atoms with van der Waals surface area (Å²) in [6.07, 6.45) is 3.91. The third kappa shape index (κ3) is 1.32. The van der Waals surface area contributed by atoms with Gasteiger partial charge in [0, 0.05) is 47.7 Å². The van der Waals surface area contributed by atoms with Crippen molar-refractivity contribution < 1.29 is 4.74 Å². The van der Waals surface area contributed by atoms with Gasteiger partial charge in [-0.2, -0.15) is 0 Å². The number of aromatic nitrogens is 1. The highest BCUT2D eigenvalue weighted by atomic mass is 16.5. The minimum Gasteiger partial charge on any atom is -0.371 e. The molecule has 0 amide bonds. The first-order valence-electron chi connectivity index (χ1n) is 8.89. The molecule has 1 aromatic heterocycles. The van der Waals surface area contributed by atoms with Crippen molar-refractivity contribution in [2.45, 2.75) is 31.5 Å². The molecule has 1 aromatic carbocycles. The normalized spacial score (nSPS) is 41.7. The lowest BCUT2D eigenvalue weighted by Gasteiger charge is -2.57. The van der Waals surface area contributed by atoms with Gasteiger partial charge in [-0.3, -0.25) is 4.90 Å². The molecule has 0 radical (unpaired) electrons. The van der Waals surface area contributed by atoms with E-state index in [-0.39, 0.29) is 6.10 Å². The molecule has 4 saturated heterocycles. The molecule has 3 nitrogen and oxygen atoms in total. The van der Waals surface area contributed by atoms with Gasteiger partial charge in [0.2, 0.25) is 0 Å². The first kappa shape index (κ1) is 12.8. The summed E-state index contributed by atoms with van der Waals surface area (Å²) in [5, 5.41) is 1.41. The number of hydrogen-bond acceptors (Lipinski definition) is 2. The summed E-state index contributed by atoms with van der Waals surface area (Å²) in [5.74, 6) is 1.43. The molecule has 6 unspecified atom stereocenters. The van der Waals surface area contributed by atoms with E-state index in [1.54, 1.807) is 5.57 Å². The van der Waals surface area contributed by atoms with Crippen molar-refractivity contribution >= 4 is 10.9 Å². The topological polar surface area (TPSA) is 17.4 Å². The predicted molar refractivity (Wildman–Crippen MR) is 90.2 cm³/mol. The van der Waals surface area contributed by atoms with Gasteiger partial charge < -0.3 is 9.30 Å². The van der Waals surface area contributed by atoms with Gasteiger partial charge in [-0.15, -0.1) is 0 Å². The molecule has 5 aliphatic heterocycles. The maximum Gasteiger partial charge on any atom is 0.101 e. The van der Waals surface area contributed by atoms with Gasteiger partial charge in [0.25, 0.3) is 0 Å². The van der Waals surface area contributed by atoms with Gasteiger partial charge in [0.05, 0.1) is 12.6 Å². The second kappa shape index (κ2) is 4.08. The molecule has 5 aliphatic rings. The summed E-state index contributed by atoms with van der Waals surface area (Å²) in [6.45, 7) is 4.29. The monoisotopic (exact) mass is 306 g/mol. The molecule has 0 spiro atoms. The summed E-state index contributed by atoms with van der Waals surface area (Å²) in [6, 6.07) is 10.1. The Balaban J connectivity index is 1.66. The zero-order valence-electron chi connectivity index (χ0n) is 13.7. The van der Waals surface area contributed by atoms with E-state index in [2.05, 4.69) is 53.8 Å². The van der Waals surface area contributed by atoms with Crippen LogP contribution in [0.4, 0.5) is 0 Å². The Hall–Kier alpha value is -1.58. The van der Waals surface area contributed by atoms with Gasteiger partial charge >= 0.3 is 0 Å². The molecule has 23 heavy (non-hydrogen) atoms. The van der Waals surface area contributed by atoms with E-state index in [1.165, 1.54) is 28.6 Å². The Morgan fingerprint density at radius 2 is 2.13 bits per heavy atom. The second-order valence-electron chi connectivity index (χ2n) is 7.68. The minimum absolute atomic E-state index is 0.276. The van der Waals surface area contributed by atoms with Crippen molar-refractivity contribution in [2.24, 2.45) is 18.9 Å². The Morgan fingerprint density at radius 1 is 1.26 bits per heavy atom. The second-order valence-corrected chi connectivity index (χ2v) is 7.68. The standard InChI is InChI=1S/C20H22N2O/c1-3-11-9-22-16-8-13(11)14-10-23-20(18(14)22)17-12-6-4-5-7-15(12)21(2)19(16)17/h3-7,13-14,16,18,20H,8-10H2,1-2H3. The molecule has 0 saturated carbocycles. The summed E-state index contributed by atoms with van der Waals surface area (Å²) in [7, 11) is 2.24. The molecule has 118 valence electrons. The predicted octanol–water partition coefficient (Wildman–Crippen LogP) is 3.57. The van der Waals surface area contributed by atoms with Gasteiger partial charge in [-0.05, 0) is 25.3 Å². The molecule has 7 rings (SSSR count). The van der Waals surface area contributed by atoms with Crippen LogP contribution < -0.4 is 0 Å². The number of fused-ring (bicyclic) bond motifs is 5. The number of hydrogen-bond donors (Lipinski definition) is 0. The van der Waals surface area contributed by atoms with Crippen LogP contribution >= 0.6 is 0 Å². The Bertz CT molecular complexity index is 864. The number of para-hydroxylation sites is 1. The highest BCUT2D eigenvalue weighted by molar-refractivity contribution is 5.86. The quantitative estimate of drug-likeness (QED) is 0.692. The van der Waals surface area contributed by atoms with Crippen molar-refractivity contribution in [3.05, 3.63) is 47.2 Å². The van der Waals surface area contributed by atoms with E-state index < -0.39 is 0 Å². The van der Waals surface area contributed by atoms with Gasteiger partial charge in [0.15, 0.2) is 0 Å². The van der Waals surface area contributed by atoms with Crippen LogP contribution in [0.2, 0.25) is 0 Å². The van der Waals surface area contributed by atoms with Gasteiger partial charge in [-0.1, -0.05) is 29.8 Å². The average molecular weight is 306 g/mol. The molecule has 4 fully saturated rings. The summed E-state index contributed by atoms with van der Waals surface area (Å²) in [5.41, 5.74) is 6.03. The third-order valence-electron chi connectivity index (χ3n) is 7.00. The fourth-order valence-electron chi connectivity index (χ4n) is 6.11. The van der Waals surface area contributed by atoms with Crippen molar-refractivity contribution in [2.75, 3.05) is 13.2 Å². The number of rotatable bonds is 0. The first-order valence-corrected chi connectivity index (χ1v) is 8.89. The number of benzene rings is 1. The van der Waals surface area contributed by atoms with E-state index in [4.69, 9.17) is 4.74 Å². The first-order chi connectivity index (χ1) is 11.3. The van der Waals surface area contributed by atoms with Crippen LogP contribution in [0, 0.1) is 11.8 Å². The smallest absolute Gasteiger partial charge is 0.101 e. The molecular formula is C20H22N2O. The number of ether oxygens (including phenoxy) is 1. The minimum atomic E-state index is 0.276. The summed E-state index contributed by atoms with van der Waals surface area (Å²) in [4.78, 5) is 2.76. The molecule has 3 heteroatoms. The van der Waals surface area contributed by atoms with E-state index in [0.717, 1.165) is 19.1 Å². The van der Waals surface area contributed by atoms with E-state index in [0.29, 0.717) is 18.0 Å². The summed E-state index contributed by atoms with van der Waals surface area (Å²) >= 11 is 0. The van der Waals surface area contributed by atoms with Crippen LogP contribution in [-0.2, 0) is 11.8 Å². The zero-order chi connectivity index (χ0) is 15.3.